The Kier molecular flexibility index (Phi) is 4.65. The molecule has 0 fully saturated rings. The van der Waals surface area contributed by atoms with Crippen molar-refractivity contribution in [3.05, 3.63) is 51.7 Å². The van der Waals surface area contributed by atoms with Gasteiger partial charge >= 0.3 is 0 Å². The Bertz CT molecular complexity index is 1120. The van der Waals surface area contributed by atoms with Gasteiger partial charge in [0.25, 0.3) is 11.8 Å². The number of fused-ring (bicyclic) bond motifs is 2. The maximum Gasteiger partial charge on any atom is 0.273 e. The van der Waals surface area contributed by atoms with Crippen molar-refractivity contribution in [3.8, 4) is 12.3 Å². The van der Waals surface area contributed by atoms with Crippen LogP contribution in [0.3, 0.4) is 0 Å². The number of hydrogen-bond acceptors (Lipinski definition) is 4. The van der Waals surface area contributed by atoms with Crippen LogP contribution in [0.1, 0.15) is 43.9 Å². The maximum absolute atomic E-state index is 13.1. The molecule has 1 aromatic carbocycles. The lowest BCUT2D eigenvalue weighted by Gasteiger charge is -2.26. The van der Waals surface area contributed by atoms with E-state index < -0.39 is 0 Å². The summed E-state index contributed by atoms with van der Waals surface area (Å²) in [4.78, 5) is 28.0. The van der Waals surface area contributed by atoms with Gasteiger partial charge in [0.05, 0.1) is 17.5 Å². The zero-order chi connectivity index (χ0) is 19.8. The van der Waals surface area contributed by atoms with Crippen LogP contribution < -0.4 is 5.32 Å². The van der Waals surface area contributed by atoms with E-state index in [-0.39, 0.29) is 17.9 Å². The molecule has 1 aliphatic rings. The zero-order valence-electron chi connectivity index (χ0n) is 15.7. The van der Waals surface area contributed by atoms with Gasteiger partial charge in [-0.05, 0) is 36.9 Å². The first-order valence-corrected chi connectivity index (χ1v) is 9.90. The van der Waals surface area contributed by atoms with E-state index in [9.17, 15) is 9.59 Å². The van der Waals surface area contributed by atoms with E-state index in [1.165, 1.54) is 16.9 Å². The summed E-state index contributed by atoms with van der Waals surface area (Å²) in [6.07, 6.45) is 5.97. The van der Waals surface area contributed by atoms with E-state index in [2.05, 4.69) is 27.5 Å². The first kappa shape index (κ1) is 18.3. The van der Waals surface area contributed by atoms with Crippen molar-refractivity contribution < 1.29 is 9.59 Å². The minimum Gasteiger partial charge on any atom is -0.337 e. The van der Waals surface area contributed by atoms with Crippen LogP contribution in [0, 0.1) is 19.3 Å². The van der Waals surface area contributed by atoms with Crippen molar-refractivity contribution in [2.24, 2.45) is 0 Å². The number of nitrogens with one attached hydrogen (secondary N) is 2. The van der Waals surface area contributed by atoms with Gasteiger partial charge in [-0.15, -0.1) is 17.8 Å². The zero-order valence-corrected chi connectivity index (χ0v) is 16.5. The van der Waals surface area contributed by atoms with Gasteiger partial charge in [0.2, 0.25) is 0 Å². The van der Waals surface area contributed by atoms with Gasteiger partial charge in [0, 0.05) is 28.9 Å². The minimum atomic E-state index is -0.386. The van der Waals surface area contributed by atoms with Crippen LogP contribution in [0.15, 0.2) is 24.3 Å². The van der Waals surface area contributed by atoms with Crippen LogP contribution >= 0.6 is 11.3 Å². The van der Waals surface area contributed by atoms with Crippen LogP contribution in [0.4, 0.5) is 0 Å². The number of rotatable bonds is 3. The number of aromatic amines is 1. The first-order chi connectivity index (χ1) is 13.5. The normalized spacial score (nSPS) is 14.4. The fraction of sp³-hybridized carbons (Fsp3) is 0.286. The summed E-state index contributed by atoms with van der Waals surface area (Å²) < 4.78 is 1.10. The first-order valence-electron chi connectivity index (χ1n) is 9.09. The minimum absolute atomic E-state index is 0.0194. The molecule has 142 valence electrons. The van der Waals surface area contributed by atoms with Crippen LogP contribution in [0.2, 0.25) is 0 Å². The second-order valence-electron chi connectivity index (χ2n) is 7.02. The molecular weight excluding hydrogens is 372 g/mol. The highest BCUT2D eigenvalue weighted by Gasteiger charge is 2.29. The third-order valence-electron chi connectivity index (χ3n) is 4.92. The van der Waals surface area contributed by atoms with Crippen LogP contribution in [0.25, 0.3) is 10.1 Å². The Labute approximate surface area is 166 Å². The number of amides is 2. The third-order valence-corrected chi connectivity index (χ3v) is 6.01. The average Bonchev–Trinajstić information content (AvgIpc) is 3.30. The summed E-state index contributed by atoms with van der Waals surface area (Å²) in [6.45, 7) is 4.71. The Hall–Kier alpha value is -3.11. The van der Waals surface area contributed by atoms with Crippen LogP contribution in [0.5, 0.6) is 0 Å². The Morgan fingerprint density at radius 1 is 1.39 bits per heavy atom. The molecule has 3 heterocycles. The number of carbonyl (C=O) groups is 2. The molecule has 1 aliphatic heterocycles. The standard InChI is InChI=1S/C21H20N4O2S/c1-4-13(3)22-20(26)19-15-11-25(8-7-16(15)23-24-19)21(27)18-10-14-6-5-12(2)9-17(14)28-18/h1,5-6,9-10,13H,7-8,11H2,2-3H3,(H,22,26)(H,23,24). The van der Waals surface area contributed by atoms with Gasteiger partial charge in [-0.25, -0.2) is 0 Å². The molecule has 28 heavy (non-hydrogen) atoms. The summed E-state index contributed by atoms with van der Waals surface area (Å²) in [5.41, 5.74) is 3.14. The number of hydrogen-bond donors (Lipinski definition) is 2. The van der Waals surface area contributed by atoms with Crippen molar-refractivity contribution in [1.82, 2.24) is 20.4 Å². The lowest BCUT2D eigenvalue weighted by atomic mass is 10.0. The predicted molar refractivity (Wildman–Crippen MR) is 109 cm³/mol. The van der Waals surface area contributed by atoms with Gasteiger partial charge in [-0.2, -0.15) is 5.10 Å². The summed E-state index contributed by atoms with van der Waals surface area (Å²) in [5.74, 6) is 2.13. The van der Waals surface area contributed by atoms with Crippen molar-refractivity contribution in [3.63, 3.8) is 0 Å². The molecule has 0 aliphatic carbocycles. The number of carbonyl (C=O) groups excluding carboxylic acids is 2. The lowest BCUT2D eigenvalue weighted by molar-refractivity contribution is 0.0736. The van der Waals surface area contributed by atoms with E-state index >= 15 is 0 Å². The SMILES string of the molecule is C#CC(C)NC(=O)c1n[nH]c2c1CN(C(=O)c1cc3ccc(C)cc3s1)CC2. The molecule has 0 radical (unpaired) electrons. The molecule has 0 spiro atoms. The molecule has 4 rings (SSSR count). The number of thiophene rings is 1. The number of aryl methyl sites for hydroxylation is 1. The monoisotopic (exact) mass is 392 g/mol. The van der Waals surface area contributed by atoms with E-state index in [1.807, 2.05) is 25.1 Å². The van der Waals surface area contributed by atoms with Crippen molar-refractivity contribution in [1.29, 1.82) is 0 Å². The number of terminal acetylenes is 1. The van der Waals surface area contributed by atoms with E-state index in [1.54, 1.807) is 11.8 Å². The quantitative estimate of drug-likeness (QED) is 0.673. The molecule has 0 bridgehead atoms. The molecule has 1 unspecified atom stereocenters. The molecular formula is C21H20N4O2S. The fourth-order valence-electron chi connectivity index (χ4n) is 3.36. The smallest absolute Gasteiger partial charge is 0.273 e. The van der Waals surface area contributed by atoms with Gasteiger partial charge in [-0.1, -0.05) is 18.1 Å². The van der Waals surface area contributed by atoms with Gasteiger partial charge < -0.3 is 10.2 Å². The largest absolute Gasteiger partial charge is 0.337 e. The Balaban J connectivity index is 1.57. The Morgan fingerprint density at radius 2 is 2.21 bits per heavy atom. The maximum atomic E-state index is 13.1. The Morgan fingerprint density at radius 3 is 3.00 bits per heavy atom. The van der Waals surface area contributed by atoms with Crippen molar-refractivity contribution in [2.45, 2.75) is 32.9 Å². The van der Waals surface area contributed by atoms with E-state index in [0.29, 0.717) is 30.1 Å². The third kappa shape index (κ3) is 3.27. The summed E-state index contributed by atoms with van der Waals surface area (Å²) in [6, 6.07) is 7.73. The molecule has 0 saturated carbocycles. The van der Waals surface area contributed by atoms with Crippen LogP contribution in [-0.4, -0.2) is 39.5 Å². The lowest BCUT2D eigenvalue weighted by Crippen LogP contribution is -2.37. The summed E-state index contributed by atoms with van der Waals surface area (Å²) in [5, 5.41) is 10.9. The average molecular weight is 392 g/mol. The summed E-state index contributed by atoms with van der Waals surface area (Å²) in [7, 11) is 0. The van der Waals surface area contributed by atoms with Crippen molar-refractivity contribution >= 4 is 33.2 Å². The van der Waals surface area contributed by atoms with Crippen LogP contribution in [-0.2, 0) is 13.0 Å². The number of H-pyrrole nitrogens is 1. The van der Waals surface area contributed by atoms with Gasteiger partial charge in [0.1, 0.15) is 0 Å². The highest BCUT2D eigenvalue weighted by Crippen LogP contribution is 2.29. The second-order valence-corrected chi connectivity index (χ2v) is 8.10. The summed E-state index contributed by atoms with van der Waals surface area (Å²) >= 11 is 1.50. The number of benzene rings is 1. The molecule has 6 nitrogen and oxygen atoms in total. The fourth-order valence-corrected chi connectivity index (χ4v) is 4.49. The molecule has 2 aromatic heterocycles. The highest BCUT2D eigenvalue weighted by atomic mass is 32.1. The van der Waals surface area contributed by atoms with E-state index in [4.69, 9.17) is 6.42 Å². The molecule has 2 amide bonds. The second kappa shape index (κ2) is 7.13. The molecule has 1 atom stereocenters. The molecule has 0 saturated heterocycles. The van der Waals surface area contributed by atoms with Gasteiger partial charge in [0.15, 0.2) is 5.69 Å². The number of aromatic nitrogens is 2. The molecule has 7 heteroatoms. The predicted octanol–water partition coefficient (Wildman–Crippen LogP) is 2.88. The van der Waals surface area contributed by atoms with E-state index in [0.717, 1.165) is 21.3 Å². The molecule has 3 aromatic rings. The molecule has 2 N–H and O–H groups in total. The van der Waals surface area contributed by atoms with Gasteiger partial charge in [-0.3, -0.25) is 14.7 Å². The number of nitrogens with zero attached hydrogens (tertiary/aromatic N) is 2. The highest BCUT2D eigenvalue weighted by molar-refractivity contribution is 7.20. The van der Waals surface area contributed by atoms with Crippen molar-refractivity contribution in [2.75, 3.05) is 6.54 Å². The topological polar surface area (TPSA) is 78.1 Å².